The molecule has 1 heterocycles. The third-order valence-electron chi connectivity index (χ3n) is 4.56. The van der Waals surface area contributed by atoms with Crippen molar-refractivity contribution in [1.29, 1.82) is 0 Å². The van der Waals surface area contributed by atoms with Crippen molar-refractivity contribution in [3.63, 3.8) is 0 Å². The molecule has 3 rings (SSSR count). The molecule has 0 bridgehead atoms. The number of hydrogen-bond donors (Lipinski definition) is 2. The van der Waals surface area contributed by atoms with Gasteiger partial charge in [0.05, 0.1) is 28.6 Å². The molecule has 2 amide bonds. The summed E-state index contributed by atoms with van der Waals surface area (Å²) in [6.07, 6.45) is -0.196. The van der Waals surface area contributed by atoms with Crippen LogP contribution in [0.5, 0.6) is 5.75 Å². The number of fused-ring (bicyclic) bond motifs is 1. The number of sulfone groups is 1. The largest absolute Gasteiger partial charge is 0.492 e. The summed E-state index contributed by atoms with van der Waals surface area (Å²) in [5, 5.41) is 5.48. The van der Waals surface area contributed by atoms with Gasteiger partial charge in [0.15, 0.2) is 9.84 Å². The van der Waals surface area contributed by atoms with E-state index in [1.807, 2.05) is 13.8 Å². The second-order valence-corrected chi connectivity index (χ2v) is 10.1. The molecule has 0 fully saturated rings. The third-order valence-corrected chi connectivity index (χ3v) is 7.61. The van der Waals surface area contributed by atoms with Crippen molar-refractivity contribution < 1.29 is 22.7 Å². The van der Waals surface area contributed by atoms with E-state index in [4.69, 9.17) is 4.74 Å². The van der Waals surface area contributed by atoms with Crippen molar-refractivity contribution in [1.82, 2.24) is 0 Å². The van der Waals surface area contributed by atoms with Crippen LogP contribution >= 0.6 is 11.8 Å². The number of carbonyl (C=O) groups is 2. The molecule has 1 atom stereocenters. The number of nitrogens with one attached hydrogen (secondary N) is 2. The smallest absolute Gasteiger partial charge is 0.228 e. The quantitative estimate of drug-likeness (QED) is 0.672. The van der Waals surface area contributed by atoms with Gasteiger partial charge in [0, 0.05) is 23.0 Å². The van der Waals surface area contributed by atoms with Gasteiger partial charge in [0.1, 0.15) is 5.75 Å². The maximum Gasteiger partial charge on any atom is 0.228 e. The molecule has 9 heteroatoms. The fraction of sp³-hybridized carbons (Fsp3) is 0.333. The average Bonchev–Trinajstić information content (AvgIpc) is 2.86. The summed E-state index contributed by atoms with van der Waals surface area (Å²) in [7, 11) is -3.70. The molecule has 1 aliphatic rings. The van der Waals surface area contributed by atoms with Crippen LogP contribution in [0.25, 0.3) is 0 Å². The number of hydrogen-bond acceptors (Lipinski definition) is 6. The van der Waals surface area contributed by atoms with Gasteiger partial charge in [-0.05, 0) is 37.3 Å². The summed E-state index contributed by atoms with van der Waals surface area (Å²) in [6.45, 7) is 4.12. The summed E-state index contributed by atoms with van der Waals surface area (Å²) >= 11 is 1.51. The molecule has 30 heavy (non-hydrogen) atoms. The molecule has 7 nitrogen and oxygen atoms in total. The van der Waals surface area contributed by atoms with Crippen LogP contribution in [0.3, 0.4) is 0 Å². The summed E-state index contributed by atoms with van der Waals surface area (Å²) < 4.78 is 31.0. The molecule has 0 aliphatic carbocycles. The molecular weight excluding hydrogens is 424 g/mol. The molecule has 0 aromatic heterocycles. The average molecular weight is 449 g/mol. The summed E-state index contributed by atoms with van der Waals surface area (Å²) in [4.78, 5) is 25.3. The van der Waals surface area contributed by atoms with Crippen LogP contribution in [0.4, 0.5) is 11.4 Å². The maximum absolute atomic E-state index is 12.8. The molecule has 160 valence electrons. The Morgan fingerprint density at radius 1 is 1.27 bits per heavy atom. The lowest BCUT2D eigenvalue weighted by Crippen LogP contribution is -2.20. The highest BCUT2D eigenvalue weighted by Crippen LogP contribution is 2.34. The maximum atomic E-state index is 12.8. The number of rotatable bonds is 7. The number of anilines is 2. The van der Waals surface area contributed by atoms with E-state index in [2.05, 4.69) is 10.6 Å². The molecule has 0 spiro atoms. The zero-order chi connectivity index (χ0) is 21.7. The van der Waals surface area contributed by atoms with Gasteiger partial charge in [-0.1, -0.05) is 19.1 Å². The predicted molar refractivity (Wildman–Crippen MR) is 118 cm³/mol. The van der Waals surface area contributed by atoms with E-state index >= 15 is 0 Å². The minimum Gasteiger partial charge on any atom is -0.492 e. The summed E-state index contributed by atoms with van der Waals surface area (Å²) in [5.74, 6) is 0.108. The predicted octanol–water partition coefficient (Wildman–Crippen LogP) is 3.57. The van der Waals surface area contributed by atoms with Gasteiger partial charge in [-0.2, -0.15) is 0 Å². The minimum atomic E-state index is -3.70. The number of amides is 2. The highest BCUT2D eigenvalue weighted by atomic mass is 32.2. The second-order valence-electron chi connectivity index (χ2n) is 6.91. The molecule has 1 aliphatic heterocycles. The van der Waals surface area contributed by atoms with E-state index in [0.29, 0.717) is 29.5 Å². The molecule has 1 unspecified atom stereocenters. The monoisotopic (exact) mass is 448 g/mol. The van der Waals surface area contributed by atoms with Crippen LogP contribution in [0.2, 0.25) is 0 Å². The molecule has 2 aromatic rings. The van der Waals surface area contributed by atoms with Crippen LogP contribution in [0, 0.1) is 5.92 Å². The highest BCUT2D eigenvalue weighted by molar-refractivity contribution is 7.99. The van der Waals surface area contributed by atoms with Gasteiger partial charge in [-0.3, -0.25) is 9.59 Å². The van der Waals surface area contributed by atoms with Crippen LogP contribution in [0.1, 0.15) is 20.3 Å². The van der Waals surface area contributed by atoms with E-state index in [-0.39, 0.29) is 28.9 Å². The lowest BCUT2D eigenvalue weighted by molar-refractivity contribution is -0.118. The van der Waals surface area contributed by atoms with Gasteiger partial charge in [0.2, 0.25) is 11.8 Å². The zero-order valence-electron chi connectivity index (χ0n) is 16.8. The first-order chi connectivity index (χ1) is 14.3. The lowest BCUT2D eigenvalue weighted by atomic mass is 10.2. The van der Waals surface area contributed by atoms with Gasteiger partial charge < -0.3 is 15.4 Å². The van der Waals surface area contributed by atoms with Gasteiger partial charge in [0.25, 0.3) is 0 Å². The molecule has 0 radical (unpaired) electrons. The first-order valence-corrected chi connectivity index (χ1v) is 12.3. The number of carbonyl (C=O) groups excluding carboxylic acids is 2. The Morgan fingerprint density at radius 3 is 2.80 bits per heavy atom. The Labute approximate surface area is 180 Å². The van der Waals surface area contributed by atoms with E-state index in [9.17, 15) is 18.0 Å². The minimum absolute atomic E-state index is 0.0826. The molecule has 2 aromatic carbocycles. The first kappa shape index (κ1) is 22.2. The number of para-hydroxylation sites is 2. The van der Waals surface area contributed by atoms with Gasteiger partial charge in [-0.25, -0.2) is 8.42 Å². The van der Waals surface area contributed by atoms with Crippen molar-refractivity contribution in [2.75, 3.05) is 28.7 Å². The van der Waals surface area contributed by atoms with Crippen molar-refractivity contribution in [3.8, 4) is 5.75 Å². The van der Waals surface area contributed by atoms with Crippen molar-refractivity contribution >= 4 is 44.8 Å². The number of ether oxygens (including phenoxy) is 1. The zero-order valence-corrected chi connectivity index (χ0v) is 18.4. The Balaban J connectivity index is 1.68. The van der Waals surface area contributed by atoms with Crippen molar-refractivity contribution in [3.05, 3.63) is 42.5 Å². The van der Waals surface area contributed by atoms with Crippen LogP contribution < -0.4 is 15.4 Å². The Kier molecular flexibility index (Phi) is 7.04. The fourth-order valence-electron chi connectivity index (χ4n) is 2.88. The van der Waals surface area contributed by atoms with Crippen molar-refractivity contribution in [2.24, 2.45) is 5.92 Å². The molecular formula is C21H24N2O5S2. The fourth-order valence-corrected chi connectivity index (χ4v) is 5.15. The van der Waals surface area contributed by atoms with E-state index in [1.54, 1.807) is 30.3 Å². The van der Waals surface area contributed by atoms with Crippen molar-refractivity contribution in [2.45, 2.75) is 30.1 Å². The lowest BCUT2D eigenvalue weighted by Gasteiger charge is -2.12. The number of benzene rings is 2. The Hall–Kier alpha value is -2.52. The molecule has 0 saturated heterocycles. The number of thioether (sulfide) groups is 1. The van der Waals surface area contributed by atoms with Gasteiger partial charge >= 0.3 is 0 Å². The van der Waals surface area contributed by atoms with E-state index in [0.717, 1.165) is 4.90 Å². The second kappa shape index (κ2) is 9.53. The van der Waals surface area contributed by atoms with Crippen LogP contribution in [-0.4, -0.2) is 38.3 Å². The topological polar surface area (TPSA) is 102 Å². The molecule has 2 N–H and O–H groups in total. The Morgan fingerprint density at radius 2 is 2.03 bits per heavy atom. The standard InChI is InChI=1S/C21H24N2O5S2/c1-3-28-18-7-5-4-6-16(18)22-20(24)10-11-30(26,27)15-8-9-19-17(12-15)23-21(25)14(2)13-29-19/h4-9,12,14H,3,10-11,13H2,1-2H3,(H,22,24)(H,23,25). The van der Waals surface area contributed by atoms with Crippen LogP contribution in [-0.2, 0) is 19.4 Å². The molecule has 0 saturated carbocycles. The highest BCUT2D eigenvalue weighted by Gasteiger charge is 2.23. The van der Waals surface area contributed by atoms with Crippen LogP contribution in [0.15, 0.2) is 52.3 Å². The summed E-state index contributed by atoms with van der Waals surface area (Å²) in [6, 6.07) is 11.7. The third kappa shape index (κ3) is 5.34. The van der Waals surface area contributed by atoms with E-state index < -0.39 is 15.7 Å². The summed E-state index contributed by atoms with van der Waals surface area (Å²) in [5.41, 5.74) is 0.992. The van der Waals surface area contributed by atoms with Gasteiger partial charge in [-0.15, -0.1) is 11.8 Å². The Bertz CT molecular complexity index is 1050. The first-order valence-electron chi connectivity index (χ1n) is 9.62. The SMILES string of the molecule is CCOc1ccccc1NC(=O)CCS(=O)(=O)c1ccc2c(c1)NC(=O)C(C)CS2. The normalized spacial score (nSPS) is 16.2. The van der Waals surface area contributed by atoms with E-state index in [1.165, 1.54) is 23.9 Å².